The van der Waals surface area contributed by atoms with Crippen LogP contribution in [0.2, 0.25) is 0 Å². The standard InChI is InChI=1S/C22H34O4/c1-3-4-5-6-7-8-12-15-19-21(23)22(24-2)20(17-26-19)25-16-18-13-10-9-11-14-18/h9-15,19-23H,3-8,16-17H2,1-2H3/t19-,20+,21+,22-/m0/s1. The molecule has 1 heterocycles. The van der Waals surface area contributed by atoms with Gasteiger partial charge >= 0.3 is 0 Å². The molecular weight excluding hydrogens is 328 g/mol. The van der Waals surface area contributed by atoms with Crippen molar-refractivity contribution < 1.29 is 19.3 Å². The Labute approximate surface area is 158 Å². The van der Waals surface area contributed by atoms with Crippen molar-refractivity contribution >= 4 is 0 Å². The lowest BCUT2D eigenvalue weighted by molar-refractivity contribution is -0.201. The minimum absolute atomic E-state index is 0.270. The van der Waals surface area contributed by atoms with E-state index in [1.54, 1.807) is 7.11 Å². The summed E-state index contributed by atoms with van der Waals surface area (Å²) in [4.78, 5) is 0. The van der Waals surface area contributed by atoms with Gasteiger partial charge in [-0.25, -0.2) is 0 Å². The van der Waals surface area contributed by atoms with Gasteiger partial charge in [0.2, 0.25) is 0 Å². The van der Waals surface area contributed by atoms with E-state index in [1.807, 2.05) is 36.4 Å². The average molecular weight is 363 g/mol. The highest BCUT2D eigenvalue weighted by atomic mass is 16.6. The van der Waals surface area contributed by atoms with Crippen LogP contribution in [0.1, 0.15) is 51.0 Å². The smallest absolute Gasteiger partial charge is 0.114 e. The number of unbranched alkanes of at least 4 members (excludes halogenated alkanes) is 5. The van der Waals surface area contributed by atoms with Crippen LogP contribution in [0.15, 0.2) is 42.5 Å². The molecule has 0 bridgehead atoms. The van der Waals surface area contributed by atoms with Gasteiger partial charge in [-0.2, -0.15) is 0 Å². The summed E-state index contributed by atoms with van der Waals surface area (Å²) < 4.78 is 17.3. The molecule has 0 saturated carbocycles. The summed E-state index contributed by atoms with van der Waals surface area (Å²) in [6.45, 7) is 3.14. The van der Waals surface area contributed by atoms with Crippen LogP contribution in [-0.4, -0.2) is 43.2 Å². The fourth-order valence-corrected chi connectivity index (χ4v) is 3.28. The number of ether oxygens (including phenoxy) is 3. The van der Waals surface area contributed by atoms with Crippen LogP contribution in [0.4, 0.5) is 0 Å². The lowest BCUT2D eigenvalue weighted by Crippen LogP contribution is -2.54. The molecule has 0 radical (unpaired) electrons. The van der Waals surface area contributed by atoms with E-state index in [0.29, 0.717) is 13.2 Å². The van der Waals surface area contributed by atoms with Crippen molar-refractivity contribution in [1.82, 2.24) is 0 Å². The van der Waals surface area contributed by atoms with Crippen molar-refractivity contribution in [2.45, 2.75) is 76.5 Å². The van der Waals surface area contributed by atoms with Crippen LogP contribution in [0, 0.1) is 0 Å². The minimum Gasteiger partial charge on any atom is -0.387 e. The Morgan fingerprint density at radius 1 is 1.15 bits per heavy atom. The van der Waals surface area contributed by atoms with Gasteiger partial charge in [0.1, 0.15) is 24.4 Å². The van der Waals surface area contributed by atoms with E-state index < -0.39 is 6.10 Å². The van der Waals surface area contributed by atoms with Crippen LogP contribution in [-0.2, 0) is 20.8 Å². The van der Waals surface area contributed by atoms with E-state index in [4.69, 9.17) is 14.2 Å². The predicted molar refractivity (Wildman–Crippen MR) is 104 cm³/mol. The zero-order valence-corrected chi connectivity index (χ0v) is 16.2. The van der Waals surface area contributed by atoms with Crippen LogP contribution in [0.3, 0.4) is 0 Å². The Hall–Kier alpha value is -1.20. The molecule has 4 atom stereocenters. The van der Waals surface area contributed by atoms with Crippen molar-refractivity contribution in [3.05, 3.63) is 48.0 Å². The largest absolute Gasteiger partial charge is 0.387 e. The second kappa shape index (κ2) is 12.2. The van der Waals surface area contributed by atoms with Crippen LogP contribution < -0.4 is 0 Å². The first-order valence-corrected chi connectivity index (χ1v) is 9.91. The molecule has 1 aliphatic heterocycles. The van der Waals surface area contributed by atoms with Crippen molar-refractivity contribution in [3.63, 3.8) is 0 Å². The third-order valence-electron chi connectivity index (χ3n) is 4.87. The Bertz CT molecular complexity index is 502. The first-order chi connectivity index (χ1) is 12.8. The molecule has 26 heavy (non-hydrogen) atoms. The average Bonchev–Trinajstić information content (AvgIpc) is 2.67. The van der Waals surface area contributed by atoms with E-state index in [0.717, 1.165) is 12.0 Å². The van der Waals surface area contributed by atoms with Gasteiger partial charge in [0.15, 0.2) is 0 Å². The van der Waals surface area contributed by atoms with Gasteiger partial charge in [0.25, 0.3) is 0 Å². The SMILES string of the molecule is CCCCCCCC=C[C@@H]1OC[C@@H](OCc2ccccc2)[C@H](OC)[C@@H]1O. The summed E-state index contributed by atoms with van der Waals surface area (Å²) in [6, 6.07) is 10.0. The zero-order chi connectivity index (χ0) is 18.6. The first kappa shape index (κ1) is 21.1. The lowest BCUT2D eigenvalue weighted by Gasteiger charge is -2.38. The zero-order valence-electron chi connectivity index (χ0n) is 16.2. The summed E-state index contributed by atoms with van der Waals surface area (Å²) in [5.41, 5.74) is 1.10. The molecule has 1 fully saturated rings. The molecule has 146 valence electrons. The van der Waals surface area contributed by atoms with E-state index in [-0.39, 0.29) is 18.3 Å². The molecule has 0 amide bonds. The highest BCUT2D eigenvalue weighted by molar-refractivity contribution is 5.13. The number of methoxy groups -OCH3 is 1. The number of allylic oxidation sites excluding steroid dienone is 1. The molecule has 1 saturated heterocycles. The second-order valence-electron chi connectivity index (χ2n) is 6.95. The lowest BCUT2D eigenvalue weighted by atomic mass is 9.98. The van der Waals surface area contributed by atoms with Gasteiger partial charge in [-0.1, -0.05) is 75.1 Å². The molecule has 0 aliphatic carbocycles. The van der Waals surface area contributed by atoms with E-state index in [2.05, 4.69) is 13.0 Å². The highest BCUT2D eigenvalue weighted by Gasteiger charge is 2.39. The molecule has 4 heteroatoms. The summed E-state index contributed by atoms with van der Waals surface area (Å²) >= 11 is 0. The molecule has 2 rings (SSSR count). The van der Waals surface area contributed by atoms with Crippen molar-refractivity contribution in [3.8, 4) is 0 Å². The molecule has 1 aromatic carbocycles. The van der Waals surface area contributed by atoms with Gasteiger partial charge in [-0.15, -0.1) is 0 Å². The predicted octanol–water partition coefficient (Wildman–Crippen LogP) is 4.26. The quantitative estimate of drug-likeness (QED) is 0.472. The Morgan fingerprint density at radius 2 is 1.92 bits per heavy atom. The fraction of sp³-hybridized carbons (Fsp3) is 0.636. The monoisotopic (exact) mass is 362 g/mol. The number of rotatable bonds is 11. The Balaban J connectivity index is 1.76. The maximum atomic E-state index is 10.6. The summed E-state index contributed by atoms with van der Waals surface area (Å²) in [5.74, 6) is 0. The molecule has 0 unspecified atom stereocenters. The molecule has 0 spiro atoms. The van der Waals surface area contributed by atoms with Crippen molar-refractivity contribution in [2.75, 3.05) is 13.7 Å². The van der Waals surface area contributed by atoms with E-state index in [1.165, 1.54) is 32.1 Å². The number of aliphatic hydroxyl groups excluding tert-OH is 1. The van der Waals surface area contributed by atoms with Crippen molar-refractivity contribution in [1.29, 1.82) is 0 Å². The topological polar surface area (TPSA) is 47.9 Å². The summed E-state index contributed by atoms with van der Waals surface area (Å²) in [7, 11) is 1.62. The maximum absolute atomic E-state index is 10.6. The van der Waals surface area contributed by atoms with E-state index in [9.17, 15) is 5.11 Å². The third kappa shape index (κ3) is 6.84. The van der Waals surface area contributed by atoms with Gasteiger partial charge in [0, 0.05) is 7.11 Å². The van der Waals surface area contributed by atoms with Crippen LogP contribution >= 0.6 is 0 Å². The van der Waals surface area contributed by atoms with Crippen LogP contribution in [0.25, 0.3) is 0 Å². The molecule has 4 nitrogen and oxygen atoms in total. The fourth-order valence-electron chi connectivity index (χ4n) is 3.28. The normalized spacial score (nSPS) is 26.4. The van der Waals surface area contributed by atoms with Gasteiger partial charge in [-0.3, -0.25) is 0 Å². The highest BCUT2D eigenvalue weighted by Crippen LogP contribution is 2.22. The first-order valence-electron chi connectivity index (χ1n) is 9.91. The third-order valence-corrected chi connectivity index (χ3v) is 4.87. The number of aliphatic hydroxyl groups is 1. The molecule has 1 N–H and O–H groups in total. The maximum Gasteiger partial charge on any atom is 0.114 e. The van der Waals surface area contributed by atoms with Crippen LogP contribution in [0.5, 0.6) is 0 Å². The molecular formula is C22H34O4. The number of hydrogen-bond acceptors (Lipinski definition) is 4. The molecule has 1 aromatic rings. The Morgan fingerprint density at radius 3 is 2.65 bits per heavy atom. The summed E-state index contributed by atoms with van der Waals surface area (Å²) in [5, 5.41) is 10.6. The molecule has 0 aromatic heterocycles. The van der Waals surface area contributed by atoms with Crippen molar-refractivity contribution in [2.24, 2.45) is 0 Å². The van der Waals surface area contributed by atoms with Gasteiger partial charge in [-0.05, 0) is 18.4 Å². The number of benzene rings is 1. The van der Waals surface area contributed by atoms with Gasteiger partial charge < -0.3 is 19.3 Å². The second-order valence-corrected chi connectivity index (χ2v) is 6.95. The number of hydrogen-bond donors (Lipinski definition) is 1. The molecule has 1 aliphatic rings. The minimum atomic E-state index is -0.717. The van der Waals surface area contributed by atoms with E-state index >= 15 is 0 Å². The van der Waals surface area contributed by atoms with Gasteiger partial charge in [0.05, 0.1) is 13.2 Å². The Kier molecular flexibility index (Phi) is 9.93. The summed E-state index contributed by atoms with van der Waals surface area (Å²) in [6.07, 6.45) is 9.78.